The molecular weight excluding hydrogens is 510 g/mol. The number of carbonyl (C=O) groups excluding carboxylic acids is 1. The fourth-order valence-electron chi connectivity index (χ4n) is 4.25. The van der Waals surface area contributed by atoms with Crippen LogP contribution in [0.15, 0.2) is 72.9 Å². The summed E-state index contributed by atoms with van der Waals surface area (Å²) >= 11 is 0. The third-order valence-corrected chi connectivity index (χ3v) is 6.38. The quantitative estimate of drug-likeness (QED) is 0.296. The molecule has 1 saturated heterocycles. The number of hydrogen-bond acceptors (Lipinski definition) is 8. The van der Waals surface area contributed by atoms with Crippen molar-refractivity contribution in [2.75, 3.05) is 57.2 Å². The minimum atomic E-state index is -0.369. The Hall–Kier alpha value is -4.85. The highest BCUT2D eigenvalue weighted by molar-refractivity contribution is 5.99. The molecule has 2 N–H and O–H groups in total. The molecule has 204 valence electrons. The maximum Gasteiger partial charge on any atom is 0.323 e. The predicted molar refractivity (Wildman–Crippen MR) is 151 cm³/mol. The van der Waals surface area contributed by atoms with Gasteiger partial charge in [-0.15, -0.1) is 0 Å². The predicted octanol–water partition coefficient (Wildman–Crippen LogP) is 5.26. The topological polar surface area (TPSA) is 118 Å². The van der Waals surface area contributed by atoms with Crippen LogP contribution >= 0.6 is 0 Å². The minimum Gasteiger partial charge on any atom is -0.497 e. The fraction of sp³-hybridized carbons (Fsp3) is 0.233. The number of nitriles is 1. The van der Waals surface area contributed by atoms with Gasteiger partial charge in [0.1, 0.15) is 35.7 Å². The summed E-state index contributed by atoms with van der Waals surface area (Å²) in [7, 11) is 1.59. The average molecular weight is 540 g/mol. The lowest BCUT2D eigenvalue weighted by Gasteiger charge is -2.26. The van der Waals surface area contributed by atoms with Crippen LogP contribution < -0.4 is 24.8 Å². The van der Waals surface area contributed by atoms with E-state index >= 15 is 0 Å². The number of nitrogens with one attached hydrogen (secondary N) is 2. The number of nitrogens with zero attached hydrogens (tertiary/aromatic N) is 3. The molecule has 0 aliphatic carbocycles. The molecule has 0 radical (unpaired) electrons. The summed E-state index contributed by atoms with van der Waals surface area (Å²) in [6.45, 7) is 4.44. The first kappa shape index (κ1) is 26.7. The highest BCUT2D eigenvalue weighted by atomic mass is 16.5. The Labute approximate surface area is 232 Å². The van der Waals surface area contributed by atoms with Crippen LogP contribution in [-0.4, -0.2) is 62.5 Å². The van der Waals surface area contributed by atoms with Crippen LogP contribution in [0, 0.1) is 11.3 Å². The normalized spacial score (nSPS) is 13.3. The van der Waals surface area contributed by atoms with E-state index in [1.807, 2.05) is 0 Å². The lowest BCUT2D eigenvalue weighted by Crippen LogP contribution is -2.38. The van der Waals surface area contributed by atoms with E-state index in [9.17, 15) is 10.1 Å². The number of amides is 2. The molecule has 0 bridgehead atoms. The molecular formula is C30H29N5O5. The van der Waals surface area contributed by atoms with Gasteiger partial charge in [-0.3, -0.25) is 9.88 Å². The zero-order chi connectivity index (χ0) is 27.7. The van der Waals surface area contributed by atoms with E-state index in [0.29, 0.717) is 57.4 Å². The highest BCUT2D eigenvalue weighted by Crippen LogP contribution is 2.33. The van der Waals surface area contributed by atoms with Gasteiger partial charge in [0.2, 0.25) is 0 Å². The van der Waals surface area contributed by atoms with Crippen LogP contribution in [0.4, 0.5) is 16.2 Å². The second kappa shape index (κ2) is 12.8. The van der Waals surface area contributed by atoms with Gasteiger partial charge in [-0.1, -0.05) is 0 Å². The number of ether oxygens (including phenoxy) is 4. The zero-order valence-corrected chi connectivity index (χ0v) is 22.1. The Morgan fingerprint density at radius 3 is 2.30 bits per heavy atom. The molecule has 0 spiro atoms. The number of pyridine rings is 1. The van der Waals surface area contributed by atoms with Gasteiger partial charge >= 0.3 is 6.03 Å². The second-order valence-corrected chi connectivity index (χ2v) is 9.02. The maximum atomic E-state index is 12.4. The Bertz CT molecular complexity index is 1500. The number of rotatable bonds is 9. The number of morpholine rings is 1. The van der Waals surface area contributed by atoms with Gasteiger partial charge in [0.25, 0.3) is 0 Å². The molecule has 0 unspecified atom stereocenters. The van der Waals surface area contributed by atoms with Crippen molar-refractivity contribution in [3.8, 4) is 29.1 Å². The Morgan fingerprint density at radius 2 is 1.65 bits per heavy atom. The summed E-state index contributed by atoms with van der Waals surface area (Å²) in [5.41, 5.74) is 2.31. The largest absolute Gasteiger partial charge is 0.497 e. The first-order valence-electron chi connectivity index (χ1n) is 12.9. The maximum absolute atomic E-state index is 12.4. The molecule has 1 fully saturated rings. The molecule has 40 heavy (non-hydrogen) atoms. The van der Waals surface area contributed by atoms with Crippen molar-refractivity contribution in [1.82, 2.24) is 9.88 Å². The number of hydrogen-bond donors (Lipinski definition) is 2. The van der Waals surface area contributed by atoms with Crippen molar-refractivity contribution in [2.24, 2.45) is 0 Å². The molecule has 10 heteroatoms. The van der Waals surface area contributed by atoms with Gasteiger partial charge in [-0.25, -0.2) is 4.79 Å². The summed E-state index contributed by atoms with van der Waals surface area (Å²) in [6, 6.07) is 21.2. The van der Waals surface area contributed by atoms with Crippen molar-refractivity contribution in [2.45, 2.75) is 0 Å². The lowest BCUT2D eigenvalue weighted by molar-refractivity contribution is 0.0322. The Morgan fingerprint density at radius 1 is 0.975 bits per heavy atom. The number of fused-ring (bicyclic) bond motifs is 1. The third-order valence-electron chi connectivity index (χ3n) is 6.38. The van der Waals surface area contributed by atoms with E-state index in [0.717, 1.165) is 32.8 Å². The van der Waals surface area contributed by atoms with Crippen LogP contribution in [0.25, 0.3) is 10.9 Å². The van der Waals surface area contributed by atoms with Crippen molar-refractivity contribution in [1.29, 1.82) is 5.26 Å². The smallest absolute Gasteiger partial charge is 0.323 e. The van der Waals surface area contributed by atoms with Crippen molar-refractivity contribution in [3.63, 3.8) is 0 Å². The van der Waals surface area contributed by atoms with Crippen molar-refractivity contribution < 1.29 is 23.7 Å². The molecule has 1 aliphatic rings. The molecule has 0 saturated carbocycles. The SMILES string of the molecule is COc1ccc(NC(=O)Nc2ccc(Oc3ccnc4cc(OCCN5CCOCC5)c(C#N)cc34)cc2)cc1. The number of carbonyl (C=O) groups is 1. The highest BCUT2D eigenvalue weighted by Gasteiger charge is 2.14. The molecule has 2 amide bonds. The minimum absolute atomic E-state index is 0.369. The molecule has 1 aliphatic heterocycles. The van der Waals surface area contributed by atoms with E-state index in [2.05, 4.69) is 26.6 Å². The lowest BCUT2D eigenvalue weighted by atomic mass is 10.1. The molecule has 2 heterocycles. The number of methoxy groups -OCH3 is 1. The Balaban J connectivity index is 1.22. The first-order valence-corrected chi connectivity index (χ1v) is 12.9. The van der Waals surface area contributed by atoms with Crippen LogP contribution in [0.5, 0.6) is 23.0 Å². The molecule has 5 rings (SSSR count). The number of anilines is 2. The van der Waals surface area contributed by atoms with Crippen LogP contribution in [0.1, 0.15) is 5.56 Å². The zero-order valence-electron chi connectivity index (χ0n) is 22.1. The van der Waals surface area contributed by atoms with Crippen LogP contribution in [-0.2, 0) is 4.74 Å². The molecule has 3 aromatic carbocycles. The van der Waals surface area contributed by atoms with Crippen LogP contribution in [0.2, 0.25) is 0 Å². The number of urea groups is 1. The first-order chi connectivity index (χ1) is 19.6. The van der Waals surface area contributed by atoms with Gasteiger partial charge < -0.3 is 29.6 Å². The van der Waals surface area contributed by atoms with E-state index in [1.165, 1.54) is 0 Å². The number of aromatic nitrogens is 1. The Kier molecular flexibility index (Phi) is 8.56. The molecule has 0 atom stereocenters. The van der Waals surface area contributed by atoms with Crippen molar-refractivity contribution >= 4 is 28.3 Å². The van der Waals surface area contributed by atoms with E-state index in [1.54, 1.807) is 80.0 Å². The van der Waals surface area contributed by atoms with Gasteiger partial charge in [0, 0.05) is 48.7 Å². The van der Waals surface area contributed by atoms with Gasteiger partial charge in [-0.2, -0.15) is 5.26 Å². The average Bonchev–Trinajstić information content (AvgIpc) is 2.99. The molecule has 10 nitrogen and oxygen atoms in total. The summed E-state index contributed by atoms with van der Waals surface area (Å²) in [4.78, 5) is 19.1. The van der Waals surface area contributed by atoms with E-state index in [-0.39, 0.29) is 6.03 Å². The molecule has 1 aromatic heterocycles. The van der Waals surface area contributed by atoms with E-state index in [4.69, 9.17) is 18.9 Å². The number of benzene rings is 3. The standard InChI is InChI=1S/C30H29N5O5/c1-37-24-6-2-22(3-7-24)33-30(36)34-23-4-8-25(9-5-23)40-28-10-11-32-27-19-29(21(20-31)18-26(27)28)39-17-14-35-12-15-38-16-13-35/h2-11,18-19H,12-17H2,1H3,(H2,33,34,36). The van der Waals surface area contributed by atoms with Crippen molar-refractivity contribution in [3.05, 3.63) is 78.5 Å². The monoisotopic (exact) mass is 539 g/mol. The summed E-state index contributed by atoms with van der Waals surface area (Å²) in [6.07, 6.45) is 1.65. The third kappa shape index (κ3) is 6.77. The van der Waals surface area contributed by atoms with E-state index < -0.39 is 0 Å². The van der Waals surface area contributed by atoms with Gasteiger partial charge in [0.15, 0.2) is 0 Å². The summed E-state index contributed by atoms with van der Waals surface area (Å²) in [5, 5.41) is 16.0. The second-order valence-electron chi connectivity index (χ2n) is 9.02. The summed E-state index contributed by atoms with van der Waals surface area (Å²) in [5.74, 6) is 2.33. The summed E-state index contributed by atoms with van der Waals surface area (Å²) < 4.78 is 22.6. The van der Waals surface area contributed by atoms with Crippen LogP contribution in [0.3, 0.4) is 0 Å². The molecule has 4 aromatic rings. The van der Waals surface area contributed by atoms with Gasteiger partial charge in [0.05, 0.1) is 31.4 Å². The fourth-order valence-corrected chi connectivity index (χ4v) is 4.25. The van der Waals surface area contributed by atoms with Gasteiger partial charge in [-0.05, 0) is 60.7 Å².